The molecule has 0 radical (unpaired) electrons. The molecule has 4 amide bonds. The van der Waals surface area contributed by atoms with E-state index in [1.165, 1.54) is 6.07 Å². The fourth-order valence-electron chi connectivity index (χ4n) is 2.55. The van der Waals surface area contributed by atoms with Gasteiger partial charge in [-0.25, -0.2) is 9.69 Å². The van der Waals surface area contributed by atoms with Crippen molar-refractivity contribution in [2.75, 3.05) is 4.90 Å². The molecule has 0 unspecified atom stereocenters. The van der Waals surface area contributed by atoms with Gasteiger partial charge in [-0.15, -0.1) is 0 Å². The molecule has 2 aliphatic rings. The van der Waals surface area contributed by atoms with Crippen LogP contribution in [0.15, 0.2) is 16.6 Å². The molecular weight excluding hydrogens is 383 g/mol. The number of hydrogen-bond acceptors (Lipinski definition) is 3. The smallest absolute Gasteiger partial charge is 0.276 e. The monoisotopic (exact) mass is 390 g/mol. The van der Waals surface area contributed by atoms with Gasteiger partial charge in [0.05, 0.1) is 15.7 Å². The maximum atomic E-state index is 12.6. The minimum atomic E-state index is -1.14. The SMILES string of the molecule is O=C1NC(=O)C2(CCC2)C(=O)N1c1ccc(Br)c(Cl)c1Cl. The van der Waals surface area contributed by atoms with Crippen LogP contribution in [0.1, 0.15) is 19.3 Å². The van der Waals surface area contributed by atoms with Gasteiger partial charge >= 0.3 is 6.03 Å². The highest BCUT2D eigenvalue weighted by atomic mass is 79.9. The number of benzene rings is 1. The lowest BCUT2D eigenvalue weighted by Crippen LogP contribution is -2.66. The summed E-state index contributed by atoms with van der Waals surface area (Å²) in [6.07, 6.45) is 1.64. The predicted molar refractivity (Wildman–Crippen MR) is 81.5 cm³/mol. The lowest BCUT2D eigenvalue weighted by molar-refractivity contribution is -0.148. The first-order chi connectivity index (χ1) is 9.88. The first-order valence-electron chi connectivity index (χ1n) is 6.22. The van der Waals surface area contributed by atoms with Gasteiger partial charge in [-0.05, 0) is 40.9 Å². The summed E-state index contributed by atoms with van der Waals surface area (Å²) in [7, 11) is 0. The highest BCUT2D eigenvalue weighted by molar-refractivity contribution is 9.10. The van der Waals surface area contributed by atoms with Crippen LogP contribution in [0.5, 0.6) is 0 Å². The molecule has 1 N–H and O–H groups in total. The number of urea groups is 1. The van der Waals surface area contributed by atoms with E-state index >= 15 is 0 Å². The summed E-state index contributed by atoms with van der Waals surface area (Å²) in [5.41, 5.74) is -0.970. The number of hydrogen-bond donors (Lipinski definition) is 1. The molecule has 1 heterocycles. The van der Waals surface area contributed by atoms with Crippen molar-refractivity contribution in [2.45, 2.75) is 19.3 Å². The second kappa shape index (κ2) is 4.97. The van der Waals surface area contributed by atoms with E-state index in [4.69, 9.17) is 23.2 Å². The zero-order valence-electron chi connectivity index (χ0n) is 10.6. The van der Waals surface area contributed by atoms with Crippen molar-refractivity contribution in [1.82, 2.24) is 5.32 Å². The summed E-state index contributed by atoms with van der Waals surface area (Å²) in [6.45, 7) is 0. The minimum absolute atomic E-state index is 0.0818. The molecule has 5 nitrogen and oxygen atoms in total. The second-order valence-corrected chi connectivity index (χ2v) is 6.64. The molecule has 0 bridgehead atoms. The van der Waals surface area contributed by atoms with E-state index in [1.807, 2.05) is 0 Å². The third-order valence-electron chi connectivity index (χ3n) is 3.93. The van der Waals surface area contributed by atoms with Crippen molar-refractivity contribution in [3.05, 3.63) is 26.7 Å². The van der Waals surface area contributed by atoms with Crippen LogP contribution in [-0.4, -0.2) is 17.8 Å². The molecule has 1 spiro atoms. The van der Waals surface area contributed by atoms with Crippen molar-refractivity contribution in [3.8, 4) is 0 Å². The number of anilines is 1. The van der Waals surface area contributed by atoms with Crippen LogP contribution < -0.4 is 10.2 Å². The van der Waals surface area contributed by atoms with Gasteiger partial charge in [-0.3, -0.25) is 14.9 Å². The highest BCUT2D eigenvalue weighted by Crippen LogP contribution is 2.47. The number of amides is 4. The number of nitrogens with zero attached hydrogens (tertiary/aromatic N) is 1. The van der Waals surface area contributed by atoms with E-state index in [2.05, 4.69) is 21.2 Å². The van der Waals surface area contributed by atoms with Crippen molar-refractivity contribution >= 4 is 62.7 Å². The predicted octanol–water partition coefficient (Wildman–Crippen LogP) is 3.51. The molecular formula is C13H9BrCl2N2O3. The summed E-state index contributed by atoms with van der Waals surface area (Å²) in [6, 6.07) is 2.30. The minimum Gasteiger partial charge on any atom is -0.276 e. The fourth-order valence-corrected chi connectivity index (χ4v) is 3.41. The molecule has 1 saturated heterocycles. The second-order valence-electron chi connectivity index (χ2n) is 5.03. The number of carbonyl (C=O) groups excluding carboxylic acids is 3. The average Bonchev–Trinajstić information content (AvgIpc) is 2.36. The van der Waals surface area contributed by atoms with Crippen LogP contribution in [0.4, 0.5) is 10.5 Å². The molecule has 2 fully saturated rings. The van der Waals surface area contributed by atoms with E-state index in [0.29, 0.717) is 17.3 Å². The van der Waals surface area contributed by atoms with Gasteiger partial charge in [0.2, 0.25) is 5.91 Å². The van der Waals surface area contributed by atoms with Crippen LogP contribution in [0.2, 0.25) is 10.0 Å². The van der Waals surface area contributed by atoms with Gasteiger partial charge in [0.1, 0.15) is 5.41 Å². The Bertz CT molecular complexity index is 688. The quantitative estimate of drug-likeness (QED) is 0.588. The van der Waals surface area contributed by atoms with E-state index in [9.17, 15) is 14.4 Å². The number of rotatable bonds is 1. The lowest BCUT2D eigenvalue weighted by atomic mass is 9.66. The summed E-state index contributed by atoms with van der Waals surface area (Å²) < 4.78 is 0.553. The zero-order chi connectivity index (χ0) is 15.4. The summed E-state index contributed by atoms with van der Waals surface area (Å²) >= 11 is 15.4. The molecule has 0 aromatic heterocycles. The first kappa shape index (κ1) is 14.8. The summed E-state index contributed by atoms with van der Waals surface area (Å²) in [5, 5.41) is 2.51. The maximum Gasteiger partial charge on any atom is 0.335 e. The first-order valence-corrected chi connectivity index (χ1v) is 7.77. The number of halogens is 3. The Kier molecular flexibility index (Phi) is 3.50. The maximum absolute atomic E-state index is 12.6. The van der Waals surface area contributed by atoms with Gasteiger partial charge in [0, 0.05) is 4.47 Å². The largest absolute Gasteiger partial charge is 0.335 e. The van der Waals surface area contributed by atoms with Gasteiger partial charge in [0.15, 0.2) is 0 Å². The van der Waals surface area contributed by atoms with Crippen molar-refractivity contribution in [2.24, 2.45) is 5.41 Å². The van der Waals surface area contributed by atoms with E-state index in [1.54, 1.807) is 6.07 Å². The molecule has 0 atom stereocenters. The van der Waals surface area contributed by atoms with Gasteiger partial charge in [0.25, 0.3) is 5.91 Å². The summed E-state index contributed by atoms with van der Waals surface area (Å²) in [5.74, 6) is -1.07. The molecule has 1 aromatic carbocycles. The molecule has 1 aliphatic heterocycles. The van der Waals surface area contributed by atoms with E-state index in [-0.39, 0.29) is 15.7 Å². The molecule has 110 valence electrons. The number of barbiturate groups is 1. The normalized spacial score (nSPS) is 20.5. The number of carbonyl (C=O) groups is 3. The Labute approximate surface area is 138 Å². The average molecular weight is 392 g/mol. The molecule has 1 saturated carbocycles. The van der Waals surface area contributed by atoms with E-state index < -0.39 is 23.3 Å². The Balaban J connectivity index is 2.09. The van der Waals surface area contributed by atoms with Crippen LogP contribution in [-0.2, 0) is 9.59 Å². The topological polar surface area (TPSA) is 66.5 Å². The van der Waals surface area contributed by atoms with Crippen molar-refractivity contribution in [1.29, 1.82) is 0 Å². The van der Waals surface area contributed by atoms with Crippen molar-refractivity contribution in [3.63, 3.8) is 0 Å². The molecule has 1 aromatic rings. The van der Waals surface area contributed by atoms with Gasteiger partial charge in [-0.2, -0.15) is 0 Å². The molecule has 1 aliphatic carbocycles. The standard InChI is InChI=1S/C13H9BrCl2N2O3/c14-6-2-3-7(9(16)8(6)15)18-11(20)13(4-1-5-13)10(19)17-12(18)21/h2-3H,1,4-5H2,(H,17,19,21). The van der Waals surface area contributed by atoms with Crippen molar-refractivity contribution < 1.29 is 14.4 Å². The van der Waals surface area contributed by atoms with Crippen LogP contribution in [0.3, 0.4) is 0 Å². The van der Waals surface area contributed by atoms with Gasteiger partial charge in [-0.1, -0.05) is 29.6 Å². The lowest BCUT2D eigenvalue weighted by Gasteiger charge is -2.44. The highest BCUT2D eigenvalue weighted by Gasteiger charge is 2.57. The van der Waals surface area contributed by atoms with E-state index in [0.717, 1.165) is 11.3 Å². The zero-order valence-corrected chi connectivity index (χ0v) is 13.7. The number of imide groups is 2. The molecule has 8 heteroatoms. The third kappa shape index (κ3) is 2.00. The summed E-state index contributed by atoms with van der Waals surface area (Å²) in [4.78, 5) is 37.5. The van der Waals surface area contributed by atoms with Crippen LogP contribution >= 0.6 is 39.1 Å². The molecule has 3 rings (SSSR count). The van der Waals surface area contributed by atoms with Crippen LogP contribution in [0, 0.1) is 5.41 Å². The molecule has 21 heavy (non-hydrogen) atoms. The Hall–Kier alpha value is -1.11. The number of nitrogens with one attached hydrogen (secondary N) is 1. The third-order valence-corrected chi connectivity index (χ3v) is 5.69. The van der Waals surface area contributed by atoms with Crippen LogP contribution in [0.25, 0.3) is 0 Å². The fraction of sp³-hybridized carbons (Fsp3) is 0.308. The Morgan fingerprint density at radius 1 is 1.14 bits per heavy atom. The Morgan fingerprint density at radius 3 is 2.38 bits per heavy atom. The Morgan fingerprint density at radius 2 is 1.81 bits per heavy atom. The van der Waals surface area contributed by atoms with Gasteiger partial charge < -0.3 is 0 Å².